The standard InChI is InChI=1S/C40H30N2O2/c1-23-39(43-25(3)41-23)30-14-9-12-28(21-30)36-33-17-7-8-18-34(33)37(38-32-16-6-5-11-27(32)19-20-35(36)38)29-13-10-15-31(22-29)40-24(2)42-26(4)44-40/h5-22H,1-4H3. The minimum absolute atomic E-state index is 0.673. The van der Waals surface area contributed by atoms with Crippen molar-refractivity contribution in [2.75, 3.05) is 0 Å². The van der Waals surface area contributed by atoms with E-state index in [2.05, 4.69) is 119 Å². The molecule has 0 saturated carbocycles. The lowest BCUT2D eigenvalue weighted by Gasteiger charge is -2.20. The molecule has 8 aromatic rings. The van der Waals surface area contributed by atoms with Crippen LogP contribution in [0.1, 0.15) is 23.2 Å². The first-order valence-electron chi connectivity index (χ1n) is 14.9. The molecule has 0 N–H and O–H groups in total. The Balaban J connectivity index is 1.48. The average Bonchev–Trinajstić information content (AvgIpc) is 3.58. The van der Waals surface area contributed by atoms with Gasteiger partial charge in [-0.25, -0.2) is 9.97 Å². The lowest BCUT2D eigenvalue weighted by molar-refractivity contribution is 0.533. The summed E-state index contributed by atoms with van der Waals surface area (Å²) in [4.78, 5) is 9.06. The van der Waals surface area contributed by atoms with Gasteiger partial charge in [0, 0.05) is 25.0 Å². The summed E-state index contributed by atoms with van der Waals surface area (Å²) in [7, 11) is 0. The molecule has 0 saturated heterocycles. The molecule has 4 nitrogen and oxygen atoms in total. The number of hydrogen-bond acceptors (Lipinski definition) is 4. The molecule has 4 heteroatoms. The summed E-state index contributed by atoms with van der Waals surface area (Å²) in [5, 5.41) is 7.27. The number of oxazole rings is 2. The van der Waals surface area contributed by atoms with E-state index >= 15 is 0 Å². The smallest absolute Gasteiger partial charge is 0.192 e. The predicted octanol–water partition coefficient (Wildman–Crippen LogP) is 11.0. The lowest BCUT2D eigenvalue weighted by Crippen LogP contribution is -1.93. The van der Waals surface area contributed by atoms with Crippen LogP contribution in [0.5, 0.6) is 0 Å². The predicted molar refractivity (Wildman–Crippen MR) is 180 cm³/mol. The Labute approximate surface area is 255 Å². The van der Waals surface area contributed by atoms with Gasteiger partial charge in [-0.1, -0.05) is 97.1 Å². The third-order valence-corrected chi connectivity index (χ3v) is 8.55. The van der Waals surface area contributed by atoms with E-state index in [4.69, 9.17) is 8.83 Å². The molecule has 0 radical (unpaired) electrons. The highest BCUT2D eigenvalue weighted by atomic mass is 16.4. The molecule has 0 bridgehead atoms. The summed E-state index contributed by atoms with van der Waals surface area (Å²) in [6.45, 7) is 7.79. The largest absolute Gasteiger partial charge is 0.441 e. The molecule has 0 aliphatic carbocycles. The molecule has 6 aromatic carbocycles. The van der Waals surface area contributed by atoms with Crippen LogP contribution < -0.4 is 0 Å². The van der Waals surface area contributed by atoms with Crippen LogP contribution in [0, 0.1) is 27.7 Å². The summed E-state index contributed by atoms with van der Waals surface area (Å²) in [5.41, 5.74) is 8.53. The molecule has 2 heterocycles. The highest BCUT2D eigenvalue weighted by Crippen LogP contribution is 2.47. The van der Waals surface area contributed by atoms with Crippen molar-refractivity contribution in [3.63, 3.8) is 0 Å². The van der Waals surface area contributed by atoms with Crippen LogP contribution in [0.3, 0.4) is 0 Å². The van der Waals surface area contributed by atoms with Crippen molar-refractivity contribution in [2.24, 2.45) is 0 Å². The number of aromatic nitrogens is 2. The van der Waals surface area contributed by atoms with Crippen molar-refractivity contribution in [1.82, 2.24) is 9.97 Å². The molecule has 0 amide bonds. The van der Waals surface area contributed by atoms with Crippen LogP contribution in [-0.2, 0) is 0 Å². The second-order valence-corrected chi connectivity index (χ2v) is 11.5. The Bertz CT molecular complexity index is 2390. The van der Waals surface area contributed by atoms with Crippen molar-refractivity contribution in [3.05, 3.63) is 132 Å². The van der Waals surface area contributed by atoms with E-state index in [-0.39, 0.29) is 0 Å². The highest BCUT2D eigenvalue weighted by molar-refractivity contribution is 6.28. The third-order valence-electron chi connectivity index (χ3n) is 8.55. The Morgan fingerprint density at radius 3 is 1.50 bits per heavy atom. The van der Waals surface area contributed by atoms with E-state index in [1.807, 2.05) is 27.7 Å². The van der Waals surface area contributed by atoms with Gasteiger partial charge in [-0.2, -0.15) is 0 Å². The number of benzene rings is 6. The summed E-state index contributed by atoms with van der Waals surface area (Å²) >= 11 is 0. The molecule has 0 unspecified atom stereocenters. The molecule has 0 aliphatic rings. The van der Waals surface area contributed by atoms with Gasteiger partial charge >= 0.3 is 0 Å². The van der Waals surface area contributed by atoms with Crippen LogP contribution >= 0.6 is 0 Å². The monoisotopic (exact) mass is 570 g/mol. The fourth-order valence-corrected chi connectivity index (χ4v) is 6.79. The minimum Gasteiger partial charge on any atom is -0.441 e. The maximum absolute atomic E-state index is 6.05. The van der Waals surface area contributed by atoms with E-state index in [1.54, 1.807) is 0 Å². The summed E-state index contributed by atoms with van der Waals surface area (Å²) in [6, 6.07) is 39.3. The Kier molecular flexibility index (Phi) is 5.98. The second kappa shape index (κ2) is 10.1. The maximum Gasteiger partial charge on any atom is 0.192 e. The molecule has 212 valence electrons. The van der Waals surface area contributed by atoms with Gasteiger partial charge in [0.15, 0.2) is 23.3 Å². The zero-order chi connectivity index (χ0) is 29.9. The molecule has 0 aliphatic heterocycles. The van der Waals surface area contributed by atoms with Crippen molar-refractivity contribution in [3.8, 4) is 44.9 Å². The van der Waals surface area contributed by atoms with Crippen molar-refractivity contribution in [1.29, 1.82) is 0 Å². The Morgan fingerprint density at radius 2 is 0.932 bits per heavy atom. The first kappa shape index (κ1) is 26.2. The number of rotatable bonds is 4. The van der Waals surface area contributed by atoms with E-state index in [1.165, 1.54) is 43.4 Å². The number of hydrogen-bond donors (Lipinski definition) is 0. The minimum atomic E-state index is 0.673. The van der Waals surface area contributed by atoms with Crippen LogP contribution in [0.25, 0.3) is 77.2 Å². The summed E-state index contributed by atoms with van der Waals surface area (Å²) in [6.07, 6.45) is 0. The van der Waals surface area contributed by atoms with Gasteiger partial charge in [0.1, 0.15) is 0 Å². The molecular weight excluding hydrogens is 540 g/mol. The Hall–Kier alpha value is -5.48. The molecule has 0 fully saturated rings. The van der Waals surface area contributed by atoms with E-state index in [9.17, 15) is 0 Å². The highest BCUT2D eigenvalue weighted by Gasteiger charge is 2.20. The number of aryl methyl sites for hydroxylation is 4. The van der Waals surface area contributed by atoms with Gasteiger partial charge in [0.05, 0.1) is 11.4 Å². The van der Waals surface area contributed by atoms with E-state index < -0.39 is 0 Å². The number of nitrogens with zero attached hydrogens (tertiary/aromatic N) is 2. The lowest BCUT2D eigenvalue weighted by atomic mass is 9.83. The van der Waals surface area contributed by atoms with Crippen LogP contribution in [0.15, 0.2) is 118 Å². The van der Waals surface area contributed by atoms with Crippen LogP contribution in [0.2, 0.25) is 0 Å². The van der Waals surface area contributed by atoms with E-state index in [0.29, 0.717) is 11.8 Å². The summed E-state index contributed by atoms with van der Waals surface area (Å²) in [5.74, 6) is 2.98. The maximum atomic E-state index is 6.05. The topological polar surface area (TPSA) is 52.1 Å². The fourth-order valence-electron chi connectivity index (χ4n) is 6.79. The molecule has 0 atom stereocenters. The summed E-state index contributed by atoms with van der Waals surface area (Å²) < 4.78 is 12.1. The van der Waals surface area contributed by atoms with Gasteiger partial charge in [-0.3, -0.25) is 0 Å². The first-order valence-corrected chi connectivity index (χ1v) is 14.9. The van der Waals surface area contributed by atoms with Gasteiger partial charge in [0.2, 0.25) is 0 Å². The van der Waals surface area contributed by atoms with Crippen molar-refractivity contribution in [2.45, 2.75) is 27.7 Å². The second-order valence-electron chi connectivity index (χ2n) is 11.5. The molecule has 0 spiro atoms. The fraction of sp³-hybridized carbons (Fsp3) is 0.100. The normalized spacial score (nSPS) is 11.6. The molecule has 2 aromatic heterocycles. The van der Waals surface area contributed by atoms with Gasteiger partial charge in [-0.05, 0) is 80.6 Å². The van der Waals surface area contributed by atoms with Crippen LogP contribution in [0.4, 0.5) is 0 Å². The van der Waals surface area contributed by atoms with E-state index in [0.717, 1.165) is 45.2 Å². The quantitative estimate of drug-likeness (QED) is 0.156. The van der Waals surface area contributed by atoms with Crippen LogP contribution in [-0.4, -0.2) is 9.97 Å². The SMILES string of the molecule is Cc1nc(C)c(-c2cccc(-c3c4ccccc4c(-c4cccc(-c5oc(C)nc5C)c4)c4c3ccc3ccccc34)c2)o1. The Morgan fingerprint density at radius 1 is 0.432 bits per heavy atom. The van der Waals surface area contributed by atoms with Gasteiger partial charge in [0.25, 0.3) is 0 Å². The first-order chi connectivity index (χ1) is 21.5. The van der Waals surface area contributed by atoms with Crippen molar-refractivity contribution < 1.29 is 8.83 Å². The van der Waals surface area contributed by atoms with Crippen molar-refractivity contribution >= 4 is 32.3 Å². The average molecular weight is 571 g/mol. The molecule has 44 heavy (non-hydrogen) atoms. The zero-order valence-corrected chi connectivity index (χ0v) is 25.1. The van der Waals surface area contributed by atoms with Gasteiger partial charge in [-0.15, -0.1) is 0 Å². The molecular formula is C40H30N2O2. The third kappa shape index (κ3) is 4.14. The van der Waals surface area contributed by atoms with Gasteiger partial charge < -0.3 is 8.83 Å². The molecule has 8 rings (SSSR count). The zero-order valence-electron chi connectivity index (χ0n) is 25.1. The number of fused-ring (bicyclic) bond motifs is 4.